The van der Waals surface area contributed by atoms with Crippen molar-refractivity contribution in [3.63, 3.8) is 0 Å². The lowest BCUT2D eigenvalue weighted by Crippen LogP contribution is -2.09. The summed E-state index contributed by atoms with van der Waals surface area (Å²) in [5, 5.41) is 3.36. The van der Waals surface area contributed by atoms with Crippen molar-refractivity contribution in [1.29, 1.82) is 0 Å². The van der Waals surface area contributed by atoms with Gasteiger partial charge in [-0.1, -0.05) is 12.1 Å². The van der Waals surface area contributed by atoms with Crippen molar-refractivity contribution in [1.82, 2.24) is 19.9 Å². The minimum absolute atomic E-state index is 0.267. The first-order chi connectivity index (χ1) is 14.4. The Morgan fingerprint density at radius 1 is 1.03 bits per heavy atom. The third kappa shape index (κ3) is 3.34. The van der Waals surface area contributed by atoms with Crippen molar-refractivity contribution < 1.29 is 17.7 Å². The predicted octanol–water partition coefficient (Wildman–Crippen LogP) is 4.01. The lowest BCUT2D eigenvalue weighted by Gasteiger charge is -2.25. The zero-order valence-corrected chi connectivity index (χ0v) is 17.7. The molecule has 0 aliphatic carbocycles. The Balaban J connectivity index is 1.65. The first-order valence-electron chi connectivity index (χ1n) is 9.01. The van der Waals surface area contributed by atoms with Crippen LogP contribution in [-0.4, -0.2) is 38.7 Å². The minimum atomic E-state index is -4.01. The van der Waals surface area contributed by atoms with Gasteiger partial charge in [-0.3, -0.25) is 9.54 Å². The zero-order valence-electron chi connectivity index (χ0n) is 15.3. The Bertz CT molecular complexity index is 1430. The summed E-state index contributed by atoms with van der Waals surface area (Å²) in [4.78, 5) is 17.9. The molecule has 2 N–H and O–H groups in total. The number of rotatable bonds is 4. The Hall–Kier alpha value is -2.89. The average Bonchev–Trinajstić information content (AvgIpc) is 2.72. The largest absolute Gasteiger partial charge is 0.450 e. The van der Waals surface area contributed by atoms with Crippen LogP contribution >= 0.6 is 15.9 Å². The maximum atomic E-state index is 11.0. The van der Waals surface area contributed by atoms with E-state index >= 15 is 0 Å². The lowest BCUT2D eigenvalue weighted by atomic mass is 10.1. The van der Waals surface area contributed by atoms with Crippen molar-refractivity contribution in [2.75, 3.05) is 11.1 Å². The van der Waals surface area contributed by atoms with Crippen molar-refractivity contribution in [3.8, 4) is 11.5 Å². The smallest absolute Gasteiger partial charge is 0.264 e. The number of nitrogens with one attached hydrogen (secondary N) is 1. The lowest BCUT2D eigenvalue weighted by molar-refractivity contribution is 0.474. The number of aryl methyl sites for hydroxylation is 1. The standard InChI is InChI=1S/C19H14BrN5O4S/c20-12-9-23-14-15(25-12)13-16(22-7-6-21-13)19-17(14)24-11-5-1-3-10(18(11)29-19)4-2-8-30(26,27)28/h1,3,5-7,9,24H,2,4,8H2,(H,26,27,28). The normalized spacial score (nSPS) is 12.9. The summed E-state index contributed by atoms with van der Waals surface area (Å²) in [5.41, 5.74) is 4.47. The molecule has 2 aromatic heterocycles. The van der Waals surface area contributed by atoms with Crippen molar-refractivity contribution in [3.05, 3.63) is 47.0 Å². The van der Waals surface area contributed by atoms with Gasteiger partial charge in [0.25, 0.3) is 10.1 Å². The van der Waals surface area contributed by atoms with Gasteiger partial charge in [0, 0.05) is 12.4 Å². The van der Waals surface area contributed by atoms with Gasteiger partial charge in [0.05, 0.1) is 17.6 Å². The number of fused-ring (bicyclic) bond motifs is 7. The fraction of sp³-hybridized carbons (Fsp3) is 0.158. The Morgan fingerprint density at radius 3 is 2.63 bits per heavy atom. The van der Waals surface area contributed by atoms with Gasteiger partial charge >= 0.3 is 0 Å². The molecular formula is C19H14BrN5O4S. The number of para-hydroxylation sites is 1. The number of ether oxygens (including phenoxy) is 1. The Kier molecular flexibility index (Phi) is 4.53. The molecule has 9 nitrogen and oxygen atoms in total. The highest BCUT2D eigenvalue weighted by Gasteiger charge is 2.27. The van der Waals surface area contributed by atoms with E-state index in [-0.39, 0.29) is 12.2 Å². The summed E-state index contributed by atoms with van der Waals surface area (Å²) in [5.74, 6) is 0.748. The van der Waals surface area contributed by atoms with Gasteiger partial charge in [-0.2, -0.15) is 8.42 Å². The van der Waals surface area contributed by atoms with E-state index in [1.165, 1.54) is 0 Å². The number of aromatic nitrogens is 4. The third-order valence-electron chi connectivity index (χ3n) is 4.75. The van der Waals surface area contributed by atoms with Crippen molar-refractivity contribution in [2.24, 2.45) is 0 Å². The van der Waals surface area contributed by atoms with Gasteiger partial charge in [-0.05, 0) is 40.4 Å². The summed E-state index contributed by atoms with van der Waals surface area (Å²) >= 11 is 3.35. The molecule has 152 valence electrons. The van der Waals surface area contributed by atoms with Crippen LogP contribution in [-0.2, 0) is 16.5 Å². The van der Waals surface area contributed by atoms with Crippen LogP contribution in [0.1, 0.15) is 12.0 Å². The molecule has 2 aromatic carbocycles. The fourth-order valence-electron chi connectivity index (χ4n) is 3.52. The van der Waals surface area contributed by atoms with Gasteiger partial charge in [-0.25, -0.2) is 15.0 Å². The fourth-order valence-corrected chi connectivity index (χ4v) is 4.31. The summed E-state index contributed by atoms with van der Waals surface area (Å²) in [6.07, 6.45) is 5.46. The second-order valence-corrected chi connectivity index (χ2v) is 9.14. The number of anilines is 2. The van der Waals surface area contributed by atoms with Crippen LogP contribution in [0.15, 0.2) is 41.4 Å². The molecule has 1 aliphatic rings. The van der Waals surface area contributed by atoms with E-state index in [0.29, 0.717) is 50.3 Å². The van der Waals surface area contributed by atoms with Crippen LogP contribution in [0, 0.1) is 0 Å². The van der Waals surface area contributed by atoms with E-state index in [9.17, 15) is 8.42 Å². The SMILES string of the molecule is O=S(=O)(O)CCCc1cccc2c1Oc1c(c3ncc(Br)nc3c3nccnc13)N2. The number of hydrogen-bond donors (Lipinski definition) is 2. The quantitative estimate of drug-likeness (QED) is 0.285. The van der Waals surface area contributed by atoms with Crippen molar-refractivity contribution >= 4 is 59.5 Å². The summed E-state index contributed by atoms with van der Waals surface area (Å²) in [6.45, 7) is 0. The molecule has 5 rings (SSSR count). The number of halogens is 1. The van der Waals surface area contributed by atoms with E-state index in [4.69, 9.17) is 9.29 Å². The molecule has 1 aliphatic heterocycles. The van der Waals surface area contributed by atoms with Gasteiger partial charge in [0.2, 0.25) is 0 Å². The monoisotopic (exact) mass is 487 g/mol. The first kappa shape index (κ1) is 19.1. The molecule has 0 saturated carbocycles. The molecule has 0 unspecified atom stereocenters. The molecule has 0 radical (unpaired) electrons. The van der Waals surface area contributed by atoms with Crippen LogP contribution in [0.4, 0.5) is 11.4 Å². The summed E-state index contributed by atoms with van der Waals surface area (Å²) in [7, 11) is -4.01. The summed E-state index contributed by atoms with van der Waals surface area (Å²) < 4.78 is 38.0. The molecule has 30 heavy (non-hydrogen) atoms. The zero-order chi connectivity index (χ0) is 20.9. The molecule has 0 spiro atoms. The Labute approximate surface area is 179 Å². The van der Waals surface area contributed by atoms with E-state index < -0.39 is 10.1 Å². The molecule has 0 fully saturated rings. The molecular weight excluding hydrogens is 474 g/mol. The number of nitrogens with zero attached hydrogens (tertiary/aromatic N) is 4. The van der Waals surface area contributed by atoms with E-state index in [1.54, 1.807) is 18.6 Å². The number of benzene rings is 2. The van der Waals surface area contributed by atoms with Gasteiger partial charge in [-0.15, -0.1) is 0 Å². The van der Waals surface area contributed by atoms with Crippen LogP contribution in [0.25, 0.3) is 22.1 Å². The van der Waals surface area contributed by atoms with Crippen molar-refractivity contribution in [2.45, 2.75) is 12.8 Å². The Morgan fingerprint density at radius 2 is 1.83 bits per heavy atom. The van der Waals surface area contributed by atoms with E-state index in [0.717, 1.165) is 11.3 Å². The van der Waals surface area contributed by atoms with Crippen LogP contribution in [0.5, 0.6) is 11.5 Å². The van der Waals surface area contributed by atoms with E-state index in [1.807, 2.05) is 18.2 Å². The molecule has 0 bridgehead atoms. The second kappa shape index (κ2) is 7.11. The maximum absolute atomic E-state index is 11.0. The average molecular weight is 488 g/mol. The maximum Gasteiger partial charge on any atom is 0.264 e. The predicted molar refractivity (Wildman–Crippen MR) is 115 cm³/mol. The van der Waals surface area contributed by atoms with Crippen LogP contribution in [0.2, 0.25) is 0 Å². The molecule has 11 heteroatoms. The van der Waals surface area contributed by atoms with E-state index in [2.05, 4.69) is 41.2 Å². The van der Waals surface area contributed by atoms with Gasteiger partial charge in [0.1, 0.15) is 32.4 Å². The second-order valence-electron chi connectivity index (χ2n) is 6.76. The minimum Gasteiger partial charge on any atom is -0.450 e. The first-order valence-corrected chi connectivity index (χ1v) is 11.4. The van der Waals surface area contributed by atoms with Gasteiger partial charge < -0.3 is 10.1 Å². The highest BCUT2D eigenvalue weighted by molar-refractivity contribution is 9.10. The molecule has 3 heterocycles. The number of hydrogen-bond acceptors (Lipinski definition) is 8. The summed E-state index contributed by atoms with van der Waals surface area (Å²) in [6, 6.07) is 5.58. The highest BCUT2D eigenvalue weighted by atomic mass is 79.9. The topological polar surface area (TPSA) is 127 Å². The van der Waals surface area contributed by atoms with Gasteiger partial charge in [0.15, 0.2) is 11.5 Å². The van der Waals surface area contributed by atoms with Crippen LogP contribution in [0.3, 0.4) is 0 Å². The molecule has 0 amide bonds. The highest BCUT2D eigenvalue weighted by Crippen LogP contribution is 2.49. The molecule has 0 atom stereocenters. The molecule has 0 saturated heterocycles. The van der Waals surface area contributed by atoms with Crippen LogP contribution < -0.4 is 10.1 Å². The molecule has 4 aromatic rings. The third-order valence-corrected chi connectivity index (χ3v) is 5.94.